The van der Waals surface area contributed by atoms with Crippen molar-refractivity contribution in [3.63, 3.8) is 0 Å². The monoisotopic (exact) mass is 259 g/mol. The van der Waals surface area contributed by atoms with Crippen LogP contribution >= 0.6 is 0 Å². The number of carbonyl (C=O) groups excluding carboxylic acids is 1. The summed E-state index contributed by atoms with van der Waals surface area (Å²) in [6.45, 7) is 1.41. The van der Waals surface area contributed by atoms with Gasteiger partial charge in [0, 0.05) is 5.69 Å². The number of hydrogen-bond acceptors (Lipinski definition) is 3. The van der Waals surface area contributed by atoms with Gasteiger partial charge in [-0.1, -0.05) is 18.2 Å². The quantitative estimate of drug-likeness (QED) is 0.860. The number of rotatable bonds is 4. The summed E-state index contributed by atoms with van der Waals surface area (Å²) in [4.78, 5) is 26.6. The molecule has 6 nitrogen and oxygen atoms in total. The van der Waals surface area contributed by atoms with Crippen LogP contribution in [0.25, 0.3) is 5.69 Å². The summed E-state index contributed by atoms with van der Waals surface area (Å²) in [6, 6.07) is 8.27. The molecule has 1 aromatic carbocycles. The molecule has 1 atom stereocenters. The van der Waals surface area contributed by atoms with Crippen LogP contribution < -0.4 is 5.32 Å². The van der Waals surface area contributed by atoms with E-state index in [1.807, 2.05) is 30.3 Å². The molecule has 19 heavy (non-hydrogen) atoms. The molecular formula is C13H13N3O3. The molecule has 2 aromatic rings. The number of benzene rings is 1. The fraction of sp³-hybridized carbons (Fsp3) is 0.154. The van der Waals surface area contributed by atoms with Gasteiger partial charge in [-0.25, -0.2) is 4.98 Å². The third-order valence-corrected chi connectivity index (χ3v) is 2.62. The molecule has 0 aliphatic carbocycles. The van der Waals surface area contributed by atoms with Gasteiger partial charge in [0.2, 0.25) is 0 Å². The zero-order chi connectivity index (χ0) is 13.8. The van der Waals surface area contributed by atoms with Gasteiger partial charge in [-0.15, -0.1) is 0 Å². The van der Waals surface area contributed by atoms with Gasteiger partial charge in [-0.3, -0.25) is 14.2 Å². The first-order chi connectivity index (χ1) is 9.09. The van der Waals surface area contributed by atoms with Gasteiger partial charge in [0.1, 0.15) is 11.7 Å². The minimum atomic E-state index is -1.08. The van der Waals surface area contributed by atoms with E-state index in [0.29, 0.717) is 5.69 Å². The SMILES string of the molecule is C[C@H](NC(=O)c1cncn1-c1ccccc1)C(=O)O. The molecule has 1 aromatic heterocycles. The molecule has 1 heterocycles. The maximum Gasteiger partial charge on any atom is 0.325 e. The molecule has 2 N–H and O–H groups in total. The Bertz CT molecular complexity index is 592. The van der Waals surface area contributed by atoms with Gasteiger partial charge in [0.25, 0.3) is 5.91 Å². The number of imidazole rings is 1. The number of nitrogens with zero attached hydrogens (tertiary/aromatic N) is 2. The Balaban J connectivity index is 2.25. The van der Waals surface area contributed by atoms with E-state index in [1.165, 1.54) is 19.4 Å². The Kier molecular flexibility index (Phi) is 3.61. The van der Waals surface area contributed by atoms with Crippen molar-refractivity contribution in [2.24, 2.45) is 0 Å². The number of aliphatic carboxylic acids is 1. The summed E-state index contributed by atoms with van der Waals surface area (Å²) in [5.74, 6) is -1.56. The van der Waals surface area contributed by atoms with Gasteiger partial charge >= 0.3 is 5.97 Å². The molecule has 0 aliphatic heterocycles. The predicted octanol–water partition coefficient (Wildman–Crippen LogP) is 1.08. The number of carbonyl (C=O) groups is 2. The second-order valence-corrected chi connectivity index (χ2v) is 4.02. The third-order valence-electron chi connectivity index (χ3n) is 2.62. The van der Waals surface area contributed by atoms with Crippen LogP contribution in [-0.2, 0) is 4.79 Å². The second kappa shape index (κ2) is 5.34. The number of aromatic nitrogens is 2. The normalized spacial score (nSPS) is 11.8. The first kappa shape index (κ1) is 12.8. The maximum atomic E-state index is 12.0. The van der Waals surface area contributed by atoms with Crippen molar-refractivity contribution < 1.29 is 14.7 Å². The largest absolute Gasteiger partial charge is 0.480 e. The van der Waals surface area contributed by atoms with Crippen molar-refractivity contribution in [2.75, 3.05) is 0 Å². The van der Waals surface area contributed by atoms with Crippen LogP contribution in [-0.4, -0.2) is 32.6 Å². The lowest BCUT2D eigenvalue weighted by molar-refractivity contribution is -0.138. The van der Waals surface area contributed by atoms with Gasteiger partial charge in [-0.05, 0) is 19.1 Å². The minimum Gasteiger partial charge on any atom is -0.480 e. The summed E-state index contributed by atoms with van der Waals surface area (Å²) in [5, 5.41) is 11.2. The molecule has 0 unspecified atom stereocenters. The average Bonchev–Trinajstić information content (AvgIpc) is 2.88. The molecule has 0 spiro atoms. The van der Waals surface area contributed by atoms with Gasteiger partial charge in [-0.2, -0.15) is 0 Å². The number of nitrogens with one attached hydrogen (secondary N) is 1. The highest BCUT2D eigenvalue weighted by Crippen LogP contribution is 2.10. The Morgan fingerprint density at radius 1 is 1.32 bits per heavy atom. The lowest BCUT2D eigenvalue weighted by Crippen LogP contribution is -2.39. The van der Waals surface area contributed by atoms with E-state index >= 15 is 0 Å². The number of amides is 1. The average molecular weight is 259 g/mol. The van der Waals surface area contributed by atoms with Crippen molar-refractivity contribution >= 4 is 11.9 Å². The van der Waals surface area contributed by atoms with Gasteiger partial charge in [0.15, 0.2) is 0 Å². The number of carboxylic acid groups (broad SMARTS) is 1. The Morgan fingerprint density at radius 2 is 2.00 bits per heavy atom. The summed E-state index contributed by atoms with van der Waals surface area (Å²) >= 11 is 0. The van der Waals surface area contributed by atoms with Crippen molar-refractivity contribution in [1.29, 1.82) is 0 Å². The minimum absolute atomic E-state index is 0.291. The molecule has 0 aliphatic rings. The molecule has 6 heteroatoms. The van der Waals surface area contributed by atoms with Crippen LogP contribution in [0.3, 0.4) is 0 Å². The summed E-state index contributed by atoms with van der Waals surface area (Å²) in [7, 11) is 0. The molecular weight excluding hydrogens is 246 g/mol. The summed E-state index contributed by atoms with van der Waals surface area (Å²) < 4.78 is 1.60. The lowest BCUT2D eigenvalue weighted by Gasteiger charge is -2.11. The van der Waals surface area contributed by atoms with Crippen LogP contribution in [0.4, 0.5) is 0 Å². The van der Waals surface area contributed by atoms with Crippen molar-refractivity contribution in [2.45, 2.75) is 13.0 Å². The highest BCUT2D eigenvalue weighted by atomic mass is 16.4. The van der Waals surface area contributed by atoms with E-state index in [0.717, 1.165) is 5.69 Å². The lowest BCUT2D eigenvalue weighted by atomic mass is 10.3. The standard InChI is InChI=1S/C13H13N3O3/c1-9(13(18)19)15-12(17)11-7-14-8-16(11)10-5-3-2-4-6-10/h2-9H,1H3,(H,15,17)(H,18,19)/t9-/m0/s1. The van der Waals surface area contributed by atoms with Crippen LogP contribution in [0.5, 0.6) is 0 Å². The highest BCUT2D eigenvalue weighted by molar-refractivity contribution is 5.95. The van der Waals surface area contributed by atoms with E-state index in [2.05, 4.69) is 10.3 Å². The summed E-state index contributed by atoms with van der Waals surface area (Å²) in [5.41, 5.74) is 1.08. The summed E-state index contributed by atoms with van der Waals surface area (Å²) in [6.07, 6.45) is 2.91. The van der Waals surface area contributed by atoms with Crippen molar-refractivity contribution in [3.8, 4) is 5.69 Å². The zero-order valence-electron chi connectivity index (χ0n) is 10.3. The van der Waals surface area contributed by atoms with E-state index in [9.17, 15) is 9.59 Å². The van der Waals surface area contributed by atoms with E-state index in [4.69, 9.17) is 5.11 Å². The number of para-hydroxylation sites is 1. The molecule has 1 amide bonds. The molecule has 0 fully saturated rings. The fourth-order valence-corrected chi connectivity index (χ4v) is 1.59. The predicted molar refractivity (Wildman–Crippen MR) is 68.1 cm³/mol. The molecule has 0 radical (unpaired) electrons. The van der Waals surface area contributed by atoms with Crippen LogP contribution in [0, 0.1) is 0 Å². The third kappa shape index (κ3) is 2.79. The molecule has 0 saturated carbocycles. The van der Waals surface area contributed by atoms with Gasteiger partial charge < -0.3 is 10.4 Å². The fourth-order valence-electron chi connectivity index (χ4n) is 1.59. The highest BCUT2D eigenvalue weighted by Gasteiger charge is 2.18. The Morgan fingerprint density at radius 3 is 2.63 bits per heavy atom. The molecule has 0 saturated heterocycles. The number of hydrogen-bond donors (Lipinski definition) is 2. The smallest absolute Gasteiger partial charge is 0.325 e. The van der Waals surface area contributed by atoms with Gasteiger partial charge in [0.05, 0.1) is 12.5 Å². The second-order valence-electron chi connectivity index (χ2n) is 4.02. The topological polar surface area (TPSA) is 84.2 Å². The molecule has 2 rings (SSSR count). The van der Waals surface area contributed by atoms with E-state index in [-0.39, 0.29) is 0 Å². The molecule has 0 bridgehead atoms. The van der Waals surface area contributed by atoms with Crippen LogP contribution in [0.2, 0.25) is 0 Å². The van der Waals surface area contributed by atoms with E-state index in [1.54, 1.807) is 4.57 Å². The first-order valence-corrected chi connectivity index (χ1v) is 5.71. The Hall–Kier alpha value is -2.63. The van der Waals surface area contributed by atoms with Crippen LogP contribution in [0.15, 0.2) is 42.9 Å². The Labute approximate surface area is 109 Å². The first-order valence-electron chi connectivity index (χ1n) is 5.71. The van der Waals surface area contributed by atoms with Crippen molar-refractivity contribution in [1.82, 2.24) is 14.9 Å². The maximum absolute atomic E-state index is 12.0. The van der Waals surface area contributed by atoms with Crippen LogP contribution in [0.1, 0.15) is 17.4 Å². The van der Waals surface area contributed by atoms with Crippen molar-refractivity contribution in [3.05, 3.63) is 48.5 Å². The zero-order valence-corrected chi connectivity index (χ0v) is 10.3. The van der Waals surface area contributed by atoms with E-state index < -0.39 is 17.9 Å². The molecule has 98 valence electrons. The number of carboxylic acids is 1.